The number of rotatable bonds is 10. The van der Waals surface area contributed by atoms with Crippen molar-refractivity contribution in [2.24, 2.45) is 0 Å². The summed E-state index contributed by atoms with van der Waals surface area (Å²) in [6, 6.07) is 20.1. The first-order chi connectivity index (χ1) is 21.3. The van der Waals surface area contributed by atoms with E-state index in [-0.39, 0.29) is 76.5 Å². The lowest BCUT2D eigenvalue weighted by molar-refractivity contribution is -0.170. The quantitative estimate of drug-likeness (QED) is 0.312. The average molecular weight is 667 g/mol. The van der Waals surface area contributed by atoms with Gasteiger partial charge in [0.05, 0.1) is 20.8 Å². The lowest BCUT2D eigenvalue weighted by Gasteiger charge is -2.54. The molecule has 246 valence electrons. The van der Waals surface area contributed by atoms with Crippen molar-refractivity contribution in [2.45, 2.75) is 50.6 Å². The van der Waals surface area contributed by atoms with Crippen LogP contribution in [-0.2, 0) is 29.1 Å². The number of urea groups is 1. The van der Waals surface area contributed by atoms with Crippen LogP contribution in [0.25, 0.3) is 0 Å². The zero-order valence-electron chi connectivity index (χ0n) is 26.0. The van der Waals surface area contributed by atoms with Gasteiger partial charge in [0.2, 0.25) is 11.8 Å². The van der Waals surface area contributed by atoms with E-state index in [1.165, 1.54) is 0 Å². The number of methoxy groups -OCH3 is 2. The van der Waals surface area contributed by atoms with Crippen molar-refractivity contribution in [3.05, 3.63) is 102 Å². The summed E-state index contributed by atoms with van der Waals surface area (Å²) < 4.78 is 11.1. The minimum atomic E-state index is -0.864. The molecule has 3 aromatic carbocycles. The zero-order valence-corrected chi connectivity index (χ0v) is 28.0. The van der Waals surface area contributed by atoms with Gasteiger partial charge in [0.25, 0.3) is 0 Å². The Morgan fingerprint density at radius 1 is 0.978 bits per heavy atom. The average Bonchev–Trinajstić information content (AvgIpc) is 3.03. The maximum Gasteiger partial charge on any atom is 0.319 e. The minimum Gasteiger partial charge on any atom is -0.508 e. The Morgan fingerprint density at radius 3 is 2.35 bits per heavy atom. The van der Waals surface area contributed by atoms with Crippen molar-refractivity contribution < 1.29 is 29.0 Å². The van der Waals surface area contributed by atoms with E-state index in [4.69, 9.17) is 9.47 Å². The Labute approximate surface area is 283 Å². The third-order valence-corrected chi connectivity index (χ3v) is 8.22. The second-order valence-electron chi connectivity index (χ2n) is 11.0. The Morgan fingerprint density at radius 2 is 1.70 bits per heavy atom. The SMILES string of the molecule is C=CC[C@@H]1CC(=O)N2[C@H](CN(Cc3cccc(OC)c3OC)C(=O)[C@@H]2Cc2ccc(O)cc2)N1C(=O)NCc1ccccc1.S.S. The van der Waals surface area contributed by atoms with E-state index in [1.54, 1.807) is 65.3 Å². The smallest absolute Gasteiger partial charge is 0.319 e. The fourth-order valence-corrected chi connectivity index (χ4v) is 6.15. The van der Waals surface area contributed by atoms with Crippen LogP contribution in [0.5, 0.6) is 17.2 Å². The number of aromatic hydroxyl groups is 1. The zero-order chi connectivity index (χ0) is 31.2. The van der Waals surface area contributed by atoms with Gasteiger partial charge < -0.3 is 29.7 Å². The van der Waals surface area contributed by atoms with Crippen molar-refractivity contribution in [1.82, 2.24) is 20.0 Å². The van der Waals surface area contributed by atoms with Crippen LogP contribution < -0.4 is 14.8 Å². The summed E-state index contributed by atoms with van der Waals surface area (Å²) in [5.41, 5.74) is 2.46. The van der Waals surface area contributed by atoms with Gasteiger partial charge in [-0.1, -0.05) is 60.7 Å². The van der Waals surface area contributed by atoms with Crippen molar-refractivity contribution >= 4 is 44.8 Å². The highest BCUT2D eigenvalue weighted by Gasteiger charge is 2.51. The summed E-state index contributed by atoms with van der Waals surface area (Å²) in [7, 11) is 3.10. The van der Waals surface area contributed by atoms with Gasteiger partial charge in [-0.05, 0) is 35.7 Å². The van der Waals surface area contributed by atoms with E-state index in [1.807, 2.05) is 42.5 Å². The number of piperazine rings is 1. The monoisotopic (exact) mass is 666 g/mol. The highest BCUT2D eigenvalue weighted by molar-refractivity contribution is 7.59. The Kier molecular flexibility index (Phi) is 12.8. The summed E-state index contributed by atoms with van der Waals surface area (Å²) in [4.78, 5) is 46.9. The molecule has 3 atom stereocenters. The molecule has 12 heteroatoms. The second kappa shape index (κ2) is 16.3. The lowest BCUT2D eigenvalue weighted by Crippen LogP contribution is -2.74. The molecule has 3 aromatic rings. The van der Waals surface area contributed by atoms with Gasteiger partial charge in [-0.2, -0.15) is 27.0 Å². The van der Waals surface area contributed by atoms with E-state index in [2.05, 4.69) is 11.9 Å². The van der Waals surface area contributed by atoms with Gasteiger partial charge in [-0.3, -0.25) is 14.5 Å². The third-order valence-electron chi connectivity index (χ3n) is 8.22. The number of carbonyl (C=O) groups is 3. The number of para-hydroxylation sites is 1. The number of amides is 4. The fraction of sp³-hybridized carbons (Fsp3) is 0.324. The maximum atomic E-state index is 14.2. The first-order valence-electron chi connectivity index (χ1n) is 14.6. The van der Waals surface area contributed by atoms with Crippen LogP contribution in [0, 0.1) is 0 Å². The number of hydrogen-bond acceptors (Lipinski definition) is 6. The number of nitrogens with zero attached hydrogens (tertiary/aromatic N) is 3. The molecule has 5 rings (SSSR count). The van der Waals surface area contributed by atoms with E-state index in [9.17, 15) is 19.5 Å². The number of nitrogens with one attached hydrogen (secondary N) is 1. The highest BCUT2D eigenvalue weighted by atomic mass is 32.1. The van der Waals surface area contributed by atoms with Crippen LogP contribution in [0.4, 0.5) is 4.79 Å². The molecule has 2 heterocycles. The molecular weight excluding hydrogens is 625 g/mol. The summed E-state index contributed by atoms with van der Waals surface area (Å²) >= 11 is 0. The molecule has 0 spiro atoms. The van der Waals surface area contributed by atoms with Gasteiger partial charge in [0.15, 0.2) is 11.5 Å². The van der Waals surface area contributed by atoms with Crippen molar-refractivity contribution in [3.63, 3.8) is 0 Å². The molecule has 0 unspecified atom stereocenters. The summed E-state index contributed by atoms with van der Waals surface area (Å²) in [5, 5.41) is 12.9. The second-order valence-corrected chi connectivity index (χ2v) is 11.0. The molecule has 2 aliphatic heterocycles. The summed E-state index contributed by atoms with van der Waals surface area (Å²) in [5.74, 6) is 0.736. The number of carbonyl (C=O) groups excluding carboxylic acids is 3. The van der Waals surface area contributed by atoms with E-state index < -0.39 is 18.2 Å². The van der Waals surface area contributed by atoms with Gasteiger partial charge in [0, 0.05) is 37.5 Å². The number of phenolic OH excluding ortho intramolecular Hbond substituents is 1. The third kappa shape index (κ3) is 7.73. The molecule has 2 aliphatic rings. The minimum absolute atomic E-state index is 0. The van der Waals surface area contributed by atoms with Crippen molar-refractivity contribution in [2.75, 3.05) is 20.8 Å². The largest absolute Gasteiger partial charge is 0.508 e. The fourth-order valence-electron chi connectivity index (χ4n) is 6.15. The maximum absolute atomic E-state index is 14.2. The topological polar surface area (TPSA) is 112 Å². The molecule has 0 bridgehead atoms. The Balaban J connectivity index is 0.00000288. The van der Waals surface area contributed by atoms with Crippen LogP contribution >= 0.6 is 27.0 Å². The number of benzene rings is 3. The van der Waals surface area contributed by atoms with Crippen molar-refractivity contribution in [1.29, 1.82) is 0 Å². The van der Waals surface area contributed by atoms with E-state index in [0.29, 0.717) is 24.5 Å². The lowest BCUT2D eigenvalue weighted by atomic mass is 9.93. The van der Waals surface area contributed by atoms with Crippen LogP contribution in [0.3, 0.4) is 0 Å². The molecule has 0 aliphatic carbocycles. The summed E-state index contributed by atoms with van der Waals surface area (Å²) in [6.45, 7) is 4.50. The molecule has 2 fully saturated rings. The van der Waals surface area contributed by atoms with Crippen molar-refractivity contribution in [3.8, 4) is 17.2 Å². The van der Waals surface area contributed by atoms with Gasteiger partial charge >= 0.3 is 6.03 Å². The van der Waals surface area contributed by atoms with E-state index in [0.717, 1.165) is 16.7 Å². The normalized spacial score (nSPS) is 18.9. The molecule has 46 heavy (non-hydrogen) atoms. The number of hydrogen-bond donors (Lipinski definition) is 2. The van der Waals surface area contributed by atoms with Crippen LogP contribution in [0.15, 0.2) is 85.5 Å². The summed E-state index contributed by atoms with van der Waals surface area (Å²) in [6.07, 6.45) is 1.72. The molecular formula is C34H42N4O6S2. The molecule has 0 saturated carbocycles. The predicted octanol–water partition coefficient (Wildman–Crippen LogP) is 4.30. The van der Waals surface area contributed by atoms with Gasteiger partial charge in [-0.25, -0.2) is 4.79 Å². The van der Waals surface area contributed by atoms with E-state index >= 15 is 0 Å². The molecule has 2 saturated heterocycles. The Bertz CT molecular complexity index is 1510. The first-order valence-corrected chi connectivity index (χ1v) is 14.6. The first kappa shape index (κ1) is 36.2. The van der Waals surface area contributed by atoms with Crippen LogP contribution in [0.2, 0.25) is 0 Å². The molecule has 0 radical (unpaired) electrons. The molecule has 10 nitrogen and oxygen atoms in total. The van der Waals surface area contributed by atoms with Crippen LogP contribution in [0.1, 0.15) is 29.5 Å². The molecule has 2 N–H and O–H groups in total. The number of ether oxygens (including phenoxy) is 2. The Hall–Kier alpha value is -4.29. The number of phenols is 1. The van der Waals surface area contributed by atoms with Crippen LogP contribution in [-0.4, -0.2) is 76.7 Å². The molecule has 0 aromatic heterocycles. The molecule has 4 amide bonds. The predicted molar refractivity (Wildman–Crippen MR) is 186 cm³/mol. The van der Waals surface area contributed by atoms with Gasteiger partial charge in [-0.15, -0.1) is 6.58 Å². The number of fused-ring (bicyclic) bond motifs is 1. The highest BCUT2D eigenvalue weighted by Crippen LogP contribution is 2.35. The van der Waals surface area contributed by atoms with Gasteiger partial charge in [0.1, 0.15) is 18.0 Å². The standard InChI is InChI=1S/C34H38N4O6.2H2S/c1-4-9-26-19-31(40)38-28(18-23-14-16-27(39)17-15-23)33(41)36(21-25-12-8-13-29(43-2)32(25)44-3)22-30(38)37(26)34(42)35-20-24-10-6-5-7-11-24;;/h4-8,10-17,26,28,30,39H,1,9,18-22H2,2-3H3,(H,35,42);2*1H2/t26-,28+,30-;;/m1../s1.